The first-order chi connectivity index (χ1) is 6.13. The van der Waals surface area contributed by atoms with Crippen molar-refractivity contribution in [3.63, 3.8) is 0 Å². The van der Waals surface area contributed by atoms with Gasteiger partial charge in [-0.25, -0.2) is 0 Å². The maximum Gasteiger partial charge on any atom is -0.0256 e. The Hall–Kier alpha value is -0.780. The van der Waals surface area contributed by atoms with E-state index in [0.717, 1.165) is 12.3 Å². The van der Waals surface area contributed by atoms with Gasteiger partial charge in [-0.3, -0.25) is 0 Å². The first-order valence-corrected chi connectivity index (χ1v) is 5.01. The fourth-order valence-corrected chi connectivity index (χ4v) is 1.64. The largest absolute Gasteiger partial charge is 0.0625 e. The highest BCUT2D eigenvalue weighted by molar-refractivity contribution is 5.31. The third kappa shape index (κ3) is 2.87. The van der Waals surface area contributed by atoms with Crippen molar-refractivity contribution in [2.24, 2.45) is 5.92 Å². The van der Waals surface area contributed by atoms with E-state index in [2.05, 4.69) is 45.9 Å². The minimum atomic E-state index is 0.741. The maximum absolute atomic E-state index is 3.91. The molecule has 1 radical (unpaired) electrons. The molecular weight excluding hydrogens is 156 g/mol. The van der Waals surface area contributed by atoms with E-state index in [9.17, 15) is 0 Å². The number of benzene rings is 1. The molecule has 0 saturated heterocycles. The van der Waals surface area contributed by atoms with Crippen molar-refractivity contribution >= 4 is 0 Å². The first-order valence-electron chi connectivity index (χ1n) is 5.01. The van der Waals surface area contributed by atoms with Crippen LogP contribution < -0.4 is 0 Å². The van der Waals surface area contributed by atoms with Crippen LogP contribution in [0.3, 0.4) is 0 Å². The van der Waals surface area contributed by atoms with Crippen LogP contribution in [0.1, 0.15) is 30.5 Å². The van der Waals surface area contributed by atoms with E-state index in [1.165, 1.54) is 23.1 Å². The zero-order valence-corrected chi connectivity index (χ0v) is 8.93. The molecule has 0 aliphatic rings. The van der Waals surface area contributed by atoms with Crippen LogP contribution >= 0.6 is 0 Å². The van der Waals surface area contributed by atoms with Crippen LogP contribution in [-0.4, -0.2) is 0 Å². The number of hydrogen-bond acceptors (Lipinski definition) is 0. The molecule has 0 nitrogen and oxygen atoms in total. The summed E-state index contributed by atoms with van der Waals surface area (Å²) in [6, 6.07) is 6.73. The van der Waals surface area contributed by atoms with Crippen molar-refractivity contribution in [3.05, 3.63) is 41.8 Å². The van der Waals surface area contributed by atoms with E-state index in [1.54, 1.807) is 0 Å². The van der Waals surface area contributed by atoms with Crippen LogP contribution in [0.15, 0.2) is 18.2 Å². The SMILES string of the molecule is [CH2]Cc1ccc(CC(C)C)cc1C. The summed E-state index contributed by atoms with van der Waals surface area (Å²) in [5.74, 6) is 0.741. The van der Waals surface area contributed by atoms with Gasteiger partial charge in [0.1, 0.15) is 0 Å². The quantitative estimate of drug-likeness (QED) is 0.659. The molecular formula is C13H19. The Bertz CT molecular complexity index is 271. The van der Waals surface area contributed by atoms with Gasteiger partial charge in [0.05, 0.1) is 0 Å². The van der Waals surface area contributed by atoms with Gasteiger partial charge in [0.2, 0.25) is 0 Å². The van der Waals surface area contributed by atoms with Crippen molar-refractivity contribution < 1.29 is 0 Å². The predicted molar refractivity (Wildman–Crippen MR) is 58.8 cm³/mol. The summed E-state index contributed by atoms with van der Waals surface area (Å²) in [5.41, 5.74) is 4.20. The first kappa shape index (κ1) is 10.3. The van der Waals surface area contributed by atoms with E-state index in [4.69, 9.17) is 0 Å². The highest BCUT2D eigenvalue weighted by Crippen LogP contribution is 2.14. The van der Waals surface area contributed by atoms with Crippen molar-refractivity contribution in [2.45, 2.75) is 33.6 Å². The monoisotopic (exact) mass is 175 g/mol. The molecule has 1 aromatic carbocycles. The molecule has 0 heteroatoms. The highest BCUT2D eigenvalue weighted by Gasteiger charge is 2.00. The Balaban J connectivity index is 2.83. The molecule has 0 aliphatic heterocycles. The van der Waals surface area contributed by atoms with Crippen LogP contribution in [0.25, 0.3) is 0 Å². The summed E-state index contributed by atoms with van der Waals surface area (Å²) in [6.07, 6.45) is 2.08. The molecule has 71 valence electrons. The smallest absolute Gasteiger partial charge is 0.0256 e. The van der Waals surface area contributed by atoms with Gasteiger partial charge < -0.3 is 0 Å². The van der Waals surface area contributed by atoms with Crippen molar-refractivity contribution in [1.29, 1.82) is 0 Å². The second kappa shape index (κ2) is 4.45. The van der Waals surface area contributed by atoms with Gasteiger partial charge in [0, 0.05) is 0 Å². The fourth-order valence-electron chi connectivity index (χ4n) is 1.64. The number of aryl methyl sites for hydroxylation is 1. The molecule has 0 fully saturated rings. The van der Waals surface area contributed by atoms with E-state index in [-0.39, 0.29) is 0 Å². The van der Waals surface area contributed by atoms with Crippen LogP contribution in [0, 0.1) is 19.8 Å². The maximum atomic E-state index is 3.91. The molecule has 0 N–H and O–H groups in total. The zero-order chi connectivity index (χ0) is 9.84. The molecule has 1 rings (SSSR count). The lowest BCUT2D eigenvalue weighted by Crippen LogP contribution is -1.96. The van der Waals surface area contributed by atoms with Crippen molar-refractivity contribution in [3.8, 4) is 0 Å². The zero-order valence-electron chi connectivity index (χ0n) is 8.93. The lowest BCUT2D eigenvalue weighted by Gasteiger charge is -2.08. The Labute approximate surface area is 82.0 Å². The normalized spacial score (nSPS) is 10.8. The summed E-state index contributed by atoms with van der Waals surface area (Å²) >= 11 is 0. The van der Waals surface area contributed by atoms with Gasteiger partial charge >= 0.3 is 0 Å². The molecule has 1 aromatic rings. The second-order valence-electron chi connectivity index (χ2n) is 4.11. The molecule has 0 spiro atoms. The third-order valence-electron chi connectivity index (χ3n) is 2.32. The lowest BCUT2D eigenvalue weighted by atomic mass is 9.98. The average Bonchev–Trinajstić information content (AvgIpc) is 2.03. The predicted octanol–water partition coefficient (Wildman–Crippen LogP) is 3.57. The number of hydrogen-bond donors (Lipinski definition) is 0. The standard InChI is InChI=1S/C13H19/c1-5-13-7-6-12(8-10(2)3)9-11(13)4/h6-7,9-10H,1,5,8H2,2-4H3. The topological polar surface area (TPSA) is 0 Å². The van der Waals surface area contributed by atoms with Crippen molar-refractivity contribution in [1.82, 2.24) is 0 Å². The molecule has 0 bridgehead atoms. The van der Waals surface area contributed by atoms with Gasteiger partial charge in [-0.1, -0.05) is 32.0 Å². The molecule has 13 heavy (non-hydrogen) atoms. The molecule has 0 amide bonds. The molecule has 0 atom stereocenters. The van der Waals surface area contributed by atoms with E-state index < -0.39 is 0 Å². The van der Waals surface area contributed by atoms with Crippen LogP contribution in [0.2, 0.25) is 0 Å². The summed E-state index contributed by atoms with van der Waals surface area (Å²) in [5, 5.41) is 0. The molecule has 0 saturated carbocycles. The average molecular weight is 175 g/mol. The Morgan fingerprint density at radius 3 is 2.46 bits per heavy atom. The minimum Gasteiger partial charge on any atom is -0.0625 e. The van der Waals surface area contributed by atoms with Crippen LogP contribution in [-0.2, 0) is 12.8 Å². The van der Waals surface area contributed by atoms with E-state index in [1.807, 2.05) is 0 Å². The summed E-state index contributed by atoms with van der Waals surface area (Å²) in [4.78, 5) is 0. The molecule has 0 heterocycles. The minimum absolute atomic E-state index is 0.741. The fraction of sp³-hybridized carbons (Fsp3) is 0.462. The van der Waals surface area contributed by atoms with Gasteiger partial charge in [0.15, 0.2) is 0 Å². The van der Waals surface area contributed by atoms with Gasteiger partial charge in [-0.2, -0.15) is 0 Å². The Kier molecular flexibility index (Phi) is 3.53. The van der Waals surface area contributed by atoms with Crippen LogP contribution in [0.4, 0.5) is 0 Å². The molecule has 0 unspecified atom stereocenters. The summed E-state index contributed by atoms with van der Waals surface area (Å²) < 4.78 is 0. The number of rotatable bonds is 3. The van der Waals surface area contributed by atoms with Crippen LogP contribution in [0.5, 0.6) is 0 Å². The third-order valence-corrected chi connectivity index (χ3v) is 2.32. The van der Waals surface area contributed by atoms with Gasteiger partial charge in [-0.05, 0) is 49.3 Å². The molecule has 0 aromatic heterocycles. The highest BCUT2D eigenvalue weighted by atomic mass is 14.1. The van der Waals surface area contributed by atoms with E-state index >= 15 is 0 Å². The summed E-state index contributed by atoms with van der Waals surface area (Å²) in [7, 11) is 0. The van der Waals surface area contributed by atoms with Crippen molar-refractivity contribution in [2.75, 3.05) is 0 Å². The lowest BCUT2D eigenvalue weighted by molar-refractivity contribution is 0.647. The van der Waals surface area contributed by atoms with Gasteiger partial charge in [-0.15, -0.1) is 0 Å². The van der Waals surface area contributed by atoms with E-state index in [0.29, 0.717) is 0 Å². The Morgan fingerprint density at radius 1 is 1.31 bits per heavy atom. The summed E-state index contributed by atoms with van der Waals surface area (Å²) in [6.45, 7) is 10.6. The Morgan fingerprint density at radius 2 is 2.00 bits per heavy atom. The van der Waals surface area contributed by atoms with Gasteiger partial charge in [0.25, 0.3) is 0 Å². The second-order valence-corrected chi connectivity index (χ2v) is 4.11. The molecule has 0 aliphatic carbocycles.